The highest BCUT2D eigenvalue weighted by atomic mass is 79.9. The standard InChI is InChI=1S/C10H11BrN2S2/c1-6-13-7(5-14-6)4-8(12)9-2-3-10(11)15-9/h2-3,5,8H,4,12H2,1H3. The van der Waals surface area contributed by atoms with Gasteiger partial charge in [0.25, 0.3) is 0 Å². The Kier molecular flexibility index (Phi) is 3.56. The fourth-order valence-corrected chi connectivity index (χ4v) is 3.41. The molecular weight excluding hydrogens is 292 g/mol. The summed E-state index contributed by atoms with van der Waals surface area (Å²) in [6.07, 6.45) is 0.817. The summed E-state index contributed by atoms with van der Waals surface area (Å²) in [7, 11) is 0. The zero-order chi connectivity index (χ0) is 10.8. The van der Waals surface area contributed by atoms with Gasteiger partial charge in [-0.3, -0.25) is 0 Å². The van der Waals surface area contributed by atoms with Crippen LogP contribution in [0.2, 0.25) is 0 Å². The van der Waals surface area contributed by atoms with Crippen LogP contribution < -0.4 is 5.73 Å². The zero-order valence-corrected chi connectivity index (χ0v) is 11.5. The summed E-state index contributed by atoms with van der Waals surface area (Å²) in [4.78, 5) is 5.62. The third kappa shape index (κ3) is 2.87. The van der Waals surface area contributed by atoms with E-state index in [9.17, 15) is 0 Å². The lowest BCUT2D eigenvalue weighted by Gasteiger charge is -2.06. The minimum Gasteiger partial charge on any atom is -0.323 e. The number of halogens is 1. The minimum atomic E-state index is 0.0581. The van der Waals surface area contributed by atoms with E-state index < -0.39 is 0 Å². The highest BCUT2D eigenvalue weighted by molar-refractivity contribution is 9.11. The van der Waals surface area contributed by atoms with Gasteiger partial charge in [0.05, 0.1) is 14.5 Å². The maximum absolute atomic E-state index is 6.10. The number of hydrogen-bond acceptors (Lipinski definition) is 4. The smallest absolute Gasteiger partial charge is 0.0897 e. The number of thiazole rings is 1. The maximum Gasteiger partial charge on any atom is 0.0897 e. The molecule has 0 spiro atoms. The molecule has 0 aliphatic carbocycles. The number of nitrogens with two attached hydrogens (primary N) is 1. The molecule has 0 fully saturated rings. The Morgan fingerprint density at radius 1 is 1.53 bits per heavy atom. The SMILES string of the molecule is Cc1nc(CC(N)c2ccc(Br)s2)cs1. The Morgan fingerprint density at radius 3 is 2.87 bits per heavy atom. The van der Waals surface area contributed by atoms with E-state index in [-0.39, 0.29) is 6.04 Å². The van der Waals surface area contributed by atoms with Crippen LogP contribution in [0.4, 0.5) is 0 Å². The largest absolute Gasteiger partial charge is 0.323 e. The summed E-state index contributed by atoms with van der Waals surface area (Å²) in [5.41, 5.74) is 7.20. The molecule has 0 amide bonds. The summed E-state index contributed by atoms with van der Waals surface area (Å²) in [6, 6.07) is 4.16. The van der Waals surface area contributed by atoms with Gasteiger partial charge in [-0.25, -0.2) is 4.98 Å². The molecule has 80 valence electrons. The Hall–Kier alpha value is -0.230. The quantitative estimate of drug-likeness (QED) is 0.942. The van der Waals surface area contributed by atoms with Crippen LogP contribution in [0.25, 0.3) is 0 Å². The van der Waals surface area contributed by atoms with E-state index in [4.69, 9.17) is 5.73 Å². The normalized spacial score (nSPS) is 13.0. The fourth-order valence-electron chi connectivity index (χ4n) is 1.36. The lowest BCUT2D eigenvalue weighted by atomic mass is 10.1. The van der Waals surface area contributed by atoms with Gasteiger partial charge in [0.15, 0.2) is 0 Å². The second-order valence-electron chi connectivity index (χ2n) is 3.31. The van der Waals surface area contributed by atoms with Crippen molar-refractivity contribution < 1.29 is 0 Å². The van der Waals surface area contributed by atoms with Crippen LogP contribution in [0.3, 0.4) is 0 Å². The number of aromatic nitrogens is 1. The third-order valence-corrected chi connectivity index (χ3v) is 4.63. The molecule has 2 rings (SSSR count). The van der Waals surface area contributed by atoms with Crippen molar-refractivity contribution in [3.8, 4) is 0 Å². The molecule has 0 radical (unpaired) electrons. The van der Waals surface area contributed by atoms with Crippen molar-refractivity contribution in [2.45, 2.75) is 19.4 Å². The average Bonchev–Trinajstić information content (AvgIpc) is 2.75. The van der Waals surface area contributed by atoms with Crippen molar-refractivity contribution >= 4 is 38.6 Å². The molecule has 5 heteroatoms. The summed E-state index contributed by atoms with van der Waals surface area (Å²) in [6.45, 7) is 2.02. The summed E-state index contributed by atoms with van der Waals surface area (Å²) in [5.74, 6) is 0. The molecule has 2 heterocycles. The lowest BCUT2D eigenvalue weighted by molar-refractivity contribution is 0.722. The Labute approximate surface area is 105 Å². The second-order valence-corrected chi connectivity index (χ2v) is 6.87. The first-order valence-corrected chi connectivity index (χ1v) is 7.06. The molecule has 0 aliphatic rings. The summed E-state index contributed by atoms with van der Waals surface area (Å²) < 4.78 is 1.13. The molecule has 0 saturated heterocycles. The molecule has 0 saturated carbocycles. The van der Waals surface area contributed by atoms with Gasteiger partial charge in [0, 0.05) is 22.7 Å². The van der Waals surface area contributed by atoms with E-state index in [1.807, 2.05) is 13.0 Å². The Bertz CT molecular complexity index is 450. The van der Waals surface area contributed by atoms with Crippen molar-refractivity contribution in [2.24, 2.45) is 5.73 Å². The topological polar surface area (TPSA) is 38.9 Å². The van der Waals surface area contributed by atoms with Crippen LogP contribution in [0.5, 0.6) is 0 Å². The molecule has 0 aromatic carbocycles. The van der Waals surface area contributed by atoms with Gasteiger partial charge in [-0.2, -0.15) is 0 Å². The van der Waals surface area contributed by atoms with Gasteiger partial charge in [0.2, 0.25) is 0 Å². The molecule has 2 nitrogen and oxygen atoms in total. The molecule has 2 aromatic rings. The summed E-state index contributed by atoms with van der Waals surface area (Å²) >= 11 is 6.80. The second kappa shape index (κ2) is 4.74. The number of hydrogen-bond donors (Lipinski definition) is 1. The van der Waals surface area contributed by atoms with E-state index in [1.54, 1.807) is 22.7 Å². The number of thiophene rings is 1. The van der Waals surface area contributed by atoms with Crippen molar-refractivity contribution in [3.63, 3.8) is 0 Å². The third-order valence-electron chi connectivity index (χ3n) is 2.06. The van der Waals surface area contributed by atoms with Gasteiger partial charge < -0.3 is 5.73 Å². The monoisotopic (exact) mass is 302 g/mol. The lowest BCUT2D eigenvalue weighted by Crippen LogP contribution is -2.11. The highest BCUT2D eigenvalue weighted by Gasteiger charge is 2.11. The van der Waals surface area contributed by atoms with Crippen molar-refractivity contribution in [1.82, 2.24) is 4.98 Å². The average molecular weight is 303 g/mol. The van der Waals surface area contributed by atoms with E-state index in [0.29, 0.717) is 0 Å². The van der Waals surface area contributed by atoms with Crippen LogP contribution in [-0.2, 0) is 6.42 Å². The van der Waals surface area contributed by atoms with Gasteiger partial charge in [-0.1, -0.05) is 0 Å². The fraction of sp³-hybridized carbons (Fsp3) is 0.300. The minimum absolute atomic E-state index is 0.0581. The Balaban J connectivity index is 2.06. The molecule has 1 unspecified atom stereocenters. The van der Waals surface area contributed by atoms with Crippen LogP contribution in [0, 0.1) is 6.92 Å². The van der Waals surface area contributed by atoms with Crippen LogP contribution in [0.15, 0.2) is 21.3 Å². The van der Waals surface area contributed by atoms with E-state index >= 15 is 0 Å². The van der Waals surface area contributed by atoms with E-state index in [1.165, 1.54) is 4.88 Å². The number of nitrogens with zero attached hydrogens (tertiary/aromatic N) is 1. The predicted molar refractivity (Wildman–Crippen MR) is 69.5 cm³/mol. The maximum atomic E-state index is 6.10. The number of rotatable bonds is 3. The van der Waals surface area contributed by atoms with Gasteiger partial charge in [-0.15, -0.1) is 22.7 Å². The molecular formula is C10H11BrN2S2. The van der Waals surface area contributed by atoms with Crippen LogP contribution >= 0.6 is 38.6 Å². The molecule has 0 bridgehead atoms. The Morgan fingerprint density at radius 2 is 2.33 bits per heavy atom. The zero-order valence-electron chi connectivity index (χ0n) is 8.24. The predicted octanol–water partition coefficient (Wildman–Crippen LogP) is 3.52. The first-order valence-electron chi connectivity index (χ1n) is 4.57. The van der Waals surface area contributed by atoms with Crippen LogP contribution in [-0.4, -0.2) is 4.98 Å². The van der Waals surface area contributed by atoms with E-state index in [0.717, 1.165) is 20.9 Å². The molecule has 2 aromatic heterocycles. The van der Waals surface area contributed by atoms with E-state index in [2.05, 4.69) is 32.4 Å². The first-order chi connectivity index (χ1) is 7.15. The summed E-state index contributed by atoms with van der Waals surface area (Å²) in [5, 5.41) is 3.18. The molecule has 1 atom stereocenters. The number of aryl methyl sites for hydroxylation is 1. The van der Waals surface area contributed by atoms with Crippen LogP contribution in [0.1, 0.15) is 21.6 Å². The van der Waals surface area contributed by atoms with Crippen molar-refractivity contribution in [3.05, 3.63) is 36.9 Å². The van der Waals surface area contributed by atoms with Gasteiger partial charge in [0.1, 0.15) is 0 Å². The molecule has 0 aliphatic heterocycles. The first kappa shape index (κ1) is 11.3. The van der Waals surface area contributed by atoms with Gasteiger partial charge >= 0.3 is 0 Å². The molecule has 15 heavy (non-hydrogen) atoms. The van der Waals surface area contributed by atoms with Crippen molar-refractivity contribution in [1.29, 1.82) is 0 Å². The highest BCUT2D eigenvalue weighted by Crippen LogP contribution is 2.28. The van der Waals surface area contributed by atoms with Gasteiger partial charge in [-0.05, 0) is 35.0 Å². The molecule has 2 N–H and O–H groups in total. The van der Waals surface area contributed by atoms with Crippen molar-refractivity contribution in [2.75, 3.05) is 0 Å².